The third-order valence-electron chi connectivity index (χ3n) is 4.83. The van der Waals surface area contributed by atoms with Gasteiger partial charge in [-0.3, -0.25) is 9.78 Å². The van der Waals surface area contributed by atoms with Crippen molar-refractivity contribution in [3.8, 4) is 5.75 Å². The van der Waals surface area contributed by atoms with Crippen LogP contribution in [-0.4, -0.2) is 18.0 Å². The lowest BCUT2D eigenvalue weighted by Crippen LogP contribution is -2.37. The van der Waals surface area contributed by atoms with Gasteiger partial charge in [0.1, 0.15) is 5.75 Å². The van der Waals surface area contributed by atoms with Gasteiger partial charge in [-0.2, -0.15) is 0 Å². The second-order valence-corrected chi connectivity index (χ2v) is 6.50. The van der Waals surface area contributed by atoms with Gasteiger partial charge in [0.2, 0.25) is 5.91 Å². The topological polar surface area (TPSA) is 51.2 Å². The van der Waals surface area contributed by atoms with Gasteiger partial charge in [-0.15, -0.1) is 0 Å². The van der Waals surface area contributed by atoms with Crippen molar-refractivity contribution in [3.63, 3.8) is 0 Å². The maximum absolute atomic E-state index is 12.9. The number of hydrogen-bond donors (Lipinski definition) is 1. The summed E-state index contributed by atoms with van der Waals surface area (Å²) in [6, 6.07) is 11.8. The number of benzene rings is 1. The van der Waals surface area contributed by atoms with Crippen LogP contribution in [-0.2, 0) is 10.2 Å². The molecule has 1 aromatic heterocycles. The molecule has 1 atom stereocenters. The largest absolute Gasteiger partial charge is 0.497 e. The van der Waals surface area contributed by atoms with E-state index in [-0.39, 0.29) is 17.4 Å². The standard InChI is InChI=1S/C20H24N2O2/c1-4-17(18-13-14(2)9-12-21-18)22-19(23)20(10-11-20)15-5-7-16(24-3)8-6-15/h5-9,12-13,17H,4,10-11H2,1-3H3,(H,22,23)/t17-/m0/s1. The molecule has 24 heavy (non-hydrogen) atoms. The van der Waals surface area contributed by atoms with Crippen molar-refractivity contribution in [3.05, 3.63) is 59.4 Å². The minimum atomic E-state index is -0.385. The van der Waals surface area contributed by atoms with Crippen molar-refractivity contribution < 1.29 is 9.53 Å². The number of carbonyl (C=O) groups is 1. The molecular weight excluding hydrogens is 300 g/mol. The van der Waals surface area contributed by atoms with Gasteiger partial charge < -0.3 is 10.1 Å². The molecular formula is C20H24N2O2. The number of nitrogens with zero attached hydrogens (tertiary/aromatic N) is 1. The Kier molecular flexibility index (Phi) is 4.56. The predicted octanol–water partition coefficient (Wildman–Crippen LogP) is 3.70. The van der Waals surface area contributed by atoms with E-state index in [1.165, 1.54) is 0 Å². The first kappa shape index (κ1) is 16.5. The number of rotatable bonds is 6. The Morgan fingerprint density at radius 2 is 2.00 bits per heavy atom. The molecule has 1 aliphatic carbocycles. The van der Waals surface area contributed by atoms with Crippen LogP contribution in [0.25, 0.3) is 0 Å². The van der Waals surface area contributed by atoms with Crippen molar-refractivity contribution in [2.75, 3.05) is 7.11 Å². The molecule has 0 spiro atoms. The quantitative estimate of drug-likeness (QED) is 0.881. The van der Waals surface area contributed by atoms with Crippen LogP contribution in [0.15, 0.2) is 42.6 Å². The third-order valence-corrected chi connectivity index (χ3v) is 4.83. The Bertz CT molecular complexity index is 721. The Hall–Kier alpha value is -2.36. The van der Waals surface area contributed by atoms with E-state index in [0.717, 1.165) is 41.8 Å². The van der Waals surface area contributed by atoms with Crippen LogP contribution in [0, 0.1) is 6.92 Å². The summed E-state index contributed by atoms with van der Waals surface area (Å²) in [4.78, 5) is 17.4. The normalized spacial score (nSPS) is 16.3. The fourth-order valence-electron chi connectivity index (χ4n) is 3.11. The number of aryl methyl sites for hydroxylation is 1. The number of hydrogen-bond acceptors (Lipinski definition) is 3. The number of aromatic nitrogens is 1. The molecule has 3 rings (SSSR count). The maximum atomic E-state index is 12.9. The molecule has 1 amide bonds. The maximum Gasteiger partial charge on any atom is 0.231 e. The highest BCUT2D eigenvalue weighted by Crippen LogP contribution is 2.49. The Morgan fingerprint density at radius 1 is 1.29 bits per heavy atom. The highest BCUT2D eigenvalue weighted by molar-refractivity contribution is 5.91. The molecule has 2 aromatic rings. The first-order chi connectivity index (χ1) is 11.6. The van der Waals surface area contributed by atoms with E-state index < -0.39 is 0 Å². The van der Waals surface area contributed by atoms with Crippen molar-refractivity contribution in [1.29, 1.82) is 0 Å². The van der Waals surface area contributed by atoms with Gasteiger partial charge in [-0.05, 0) is 61.6 Å². The van der Waals surface area contributed by atoms with E-state index >= 15 is 0 Å². The Morgan fingerprint density at radius 3 is 2.54 bits per heavy atom. The number of pyridine rings is 1. The third kappa shape index (κ3) is 3.14. The highest BCUT2D eigenvalue weighted by atomic mass is 16.5. The minimum absolute atomic E-state index is 0.0480. The fourth-order valence-corrected chi connectivity index (χ4v) is 3.11. The summed E-state index contributed by atoms with van der Waals surface area (Å²) in [7, 11) is 1.65. The molecule has 1 fully saturated rings. The average molecular weight is 324 g/mol. The summed E-state index contributed by atoms with van der Waals surface area (Å²) < 4.78 is 5.20. The summed E-state index contributed by atoms with van der Waals surface area (Å²) in [6.07, 6.45) is 4.41. The smallest absolute Gasteiger partial charge is 0.231 e. The lowest BCUT2D eigenvalue weighted by molar-refractivity contribution is -0.124. The van der Waals surface area contributed by atoms with Gasteiger partial charge >= 0.3 is 0 Å². The van der Waals surface area contributed by atoms with E-state index in [4.69, 9.17) is 4.74 Å². The SMILES string of the molecule is CC[C@H](NC(=O)C1(c2ccc(OC)cc2)CC1)c1cc(C)ccn1. The average Bonchev–Trinajstić information content (AvgIpc) is 3.41. The van der Waals surface area contributed by atoms with Crippen LogP contribution in [0.1, 0.15) is 49.0 Å². The molecule has 0 bridgehead atoms. The summed E-state index contributed by atoms with van der Waals surface area (Å²) in [5.41, 5.74) is 2.76. The summed E-state index contributed by atoms with van der Waals surface area (Å²) >= 11 is 0. The van der Waals surface area contributed by atoms with Gasteiger partial charge in [-0.25, -0.2) is 0 Å². The molecule has 1 aliphatic rings. The monoisotopic (exact) mass is 324 g/mol. The van der Waals surface area contributed by atoms with Gasteiger partial charge in [0.25, 0.3) is 0 Å². The predicted molar refractivity (Wildman–Crippen MR) is 94.1 cm³/mol. The van der Waals surface area contributed by atoms with Gasteiger partial charge in [-0.1, -0.05) is 19.1 Å². The van der Waals surface area contributed by atoms with Crippen molar-refractivity contribution in [1.82, 2.24) is 10.3 Å². The lowest BCUT2D eigenvalue weighted by atomic mass is 9.94. The second-order valence-electron chi connectivity index (χ2n) is 6.50. The number of amides is 1. The molecule has 1 N–H and O–H groups in total. The molecule has 4 heteroatoms. The zero-order chi connectivity index (χ0) is 17.2. The summed E-state index contributed by atoms with van der Waals surface area (Å²) in [5, 5.41) is 3.21. The number of ether oxygens (including phenoxy) is 1. The van der Waals surface area contributed by atoms with Crippen molar-refractivity contribution >= 4 is 5.91 Å². The summed E-state index contributed by atoms with van der Waals surface area (Å²) in [6.45, 7) is 4.11. The van der Waals surface area contributed by atoms with E-state index in [1.807, 2.05) is 43.3 Å². The van der Waals surface area contributed by atoms with Crippen LogP contribution < -0.4 is 10.1 Å². The van der Waals surface area contributed by atoms with Crippen LogP contribution >= 0.6 is 0 Å². The van der Waals surface area contributed by atoms with Crippen molar-refractivity contribution in [2.45, 2.75) is 44.6 Å². The fraction of sp³-hybridized carbons (Fsp3) is 0.400. The molecule has 126 valence electrons. The van der Waals surface area contributed by atoms with E-state index in [1.54, 1.807) is 13.3 Å². The zero-order valence-electron chi connectivity index (χ0n) is 14.5. The Labute approximate surface area is 143 Å². The lowest BCUT2D eigenvalue weighted by Gasteiger charge is -2.22. The zero-order valence-corrected chi connectivity index (χ0v) is 14.5. The van der Waals surface area contributed by atoms with Crippen LogP contribution in [0.5, 0.6) is 5.75 Å². The number of nitrogens with one attached hydrogen (secondary N) is 1. The first-order valence-corrected chi connectivity index (χ1v) is 8.47. The van der Waals surface area contributed by atoms with Crippen molar-refractivity contribution in [2.24, 2.45) is 0 Å². The molecule has 1 aromatic carbocycles. The van der Waals surface area contributed by atoms with Gasteiger partial charge in [0.05, 0.1) is 24.3 Å². The second kappa shape index (κ2) is 6.63. The minimum Gasteiger partial charge on any atom is -0.497 e. The van der Waals surface area contributed by atoms with Crippen LogP contribution in [0.3, 0.4) is 0 Å². The van der Waals surface area contributed by atoms with E-state index in [0.29, 0.717) is 0 Å². The highest BCUT2D eigenvalue weighted by Gasteiger charge is 2.51. The molecule has 0 saturated heterocycles. The van der Waals surface area contributed by atoms with Crippen LogP contribution in [0.2, 0.25) is 0 Å². The van der Waals surface area contributed by atoms with Gasteiger partial charge in [0.15, 0.2) is 0 Å². The number of methoxy groups -OCH3 is 1. The molecule has 0 radical (unpaired) electrons. The van der Waals surface area contributed by atoms with Crippen LogP contribution in [0.4, 0.5) is 0 Å². The molecule has 1 saturated carbocycles. The van der Waals surface area contributed by atoms with Gasteiger partial charge in [0, 0.05) is 6.20 Å². The van der Waals surface area contributed by atoms with E-state index in [9.17, 15) is 4.79 Å². The number of carbonyl (C=O) groups excluding carboxylic acids is 1. The molecule has 4 nitrogen and oxygen atoms in total. The van der Waals surface area contributed by atoms with E-state index in [2.05, 4.69) is 17.2 Å². The molecule has 1 heterocycles. The Balaban J connectivity index is 1.77. The first-order valence-electron chi connectivity index (χ1n) is 8.47. The molecule has 0 aliphatic heterocycles. The summed E-state index contributed by atoms with van der Waals surface area (Å²) in [5.74, 6) is 0.910. The molecule has 0 unspecified atom stereocenters.